The summed E-state index contributed by atoms with van der Waals surface area (Å²) >= 11 is 0. The van der Waals surface area contributed by atoms with Crippen molar-refractivity contribution in [2.45, 2.75) is 75.4 Å². The Balaban J connectivity index is 2.15. The maximum Gasteiger partial charge on any atom is 0.496 e. The first-order valence-electron chi connectivity index (χ1n) is 8.93. The summed E-state index contributed by atoms with van der Waals surface area (Å²) in [5.41, 5.74) is 0.337. The SMILES string of the molecule is COc1nc(C2CCCC2)c(B2OC(C)(C)C(C)(C)O2)cc1S(N)(=O)=O. The van der Waals surface area contributed by atoms with Gasteiger partial charge in [0.25, 0.3) is 0 Å². The van der Waals surface area contributed by atoms with Gasteiger partial charge in [-0.2, -0.15) is 0 Å². The molecule has 3 rings (SSSR count). The Bertz CT molecular complexity index is 788. The first-order valence-corrected chi connectivity index (χ1v) is 10.5. The molecule has 0 atom stereocenters. The fourth-order valence-electron chi connectivity index (χ4n) is 3.54. The second-order valence-electron chi connectivity index (χ2n) is 8.08. The Morgan fingerprint density at radius 3 is 2.19 bits per heavy atom. The van der Waals surface area contributed by atoms with Gasteiger partial charge in [0, 0.05) is 17.1 Å². The number of methoxy groups -OCH3 is 1. The van der Waals surface area contributed by atoms with Crippen molar-refractivity contribution in [3.05, 3.63) is 11.8 Å². The van der Waals surface area contributed by atoms with Gasteiger partial charge in [0.1, 0.15) is 4.90 Å². The van der Waals surface area contributed by atoms with E-state index in [0.29, 0.717) is 5.46 Å². The van der Waals surface area contributed by atoms with Gasteiger partial charge in [0.05, 0.1) is 18.3 Å². The Labute approximate surface area is 155 Å². The maximum atomic E-state index is 12.0. The van der Waals surface area contributed by atoms with Crippen LogP contribution in [-0.2, 0) is 19.3 Å². The molecule has 1 aromatic rings. The van der Waals surface area contributed by atoms with Crippen LogP contribution in [0.4, 0.5) is 0 Å². The van der Waals surface area contributed by atoms with E-state index in [9.17, 15) is 8.42 Å². The molecule has 1 aliphatic carbocycles. The van der Waals surface area contributed by atoms with Crippen molar-refractivity contribution in [3.63, 3.8) is 0 Å². The lowest BCUT2D eigenvalue weighted by atomic mass is 9.75. The van der Waals surface area contributed by atoms with Crippen molar-refractivity contribution in [2.75, 3.05) is 7.11 Å². The summed E-state index contributed by atoms with van der Waals surface area (Å²) in [5.74, 6) is 0.252. The third-order valence-corrected chi connectivity index (χ3v) is 6.67. The molecule has 2 heterocycles. The zero-order valence-corrected chi connectivity index (χ0v) is 16.9. The molecule has 26 heavy (non-hydrogen) atoms. The van der Waals surface area contributed by atoms with E-state index in [0.717, 1.165) is 31.4 Å². The number of pyridine rings is 1. The maximum absolute atomic E-state index is 12.0. The van der Waals surface area contributed by atoms with Crippen LogP contribution in [-0.4, -0.2) is 38.8 Å². The van der Waals surface area contributed by atoms with E-state index in [2.05, 4.69) is 4.98 Å². The second-order valence-corrected chi connectivity index (χ2v) is 9.61. The molecule has 1 aliphatic heterocycles. The molecule has 0 bridgehead atoms. The number of primary sulfonamides is 1. The highest BCUT2D eigenvalue weighted by Crippen LogP contribution is 2.39. The van der Waals surface area contributed by atoms with E-state index in [1.165, 1.54) is 13.2 Å². The summed E-state index contributed by atoms with van der Waals surface area (Å²) in [6, 6.07) is 1.51. The van der Waals surface area contributed by atoms with Gasteiger partial charge >= 0.3 is 7.12 Å². The van der Waals surface area contributed by atoms with Crippen LogP contribution < -0.4 is 15.3 Å². The predicted octanol–water partition coefficient (Wildman–Crippen LogP) is 1.69. The molecule has 144 valence electrons. The Kier molecular flexibility index (Phi) is 4.88. The minimum Gasteiger partial charge on any atom is -0.480 e. The largest absolute Gasteiger partial charge is 0.496 e. The molecule has 1 saturated heterocycles. The molecule has 7 nitrogen and oxygen atoms in total. The number of nitrogens with two attached hydrogens (primary N) is 1. The van der Waals surface area contributed by atoms with Crippen molar-refractivity contribution in [1.29, 1.82) is 0 Å². The fraction of sp³-hybridized carbons (Fsp3) is 0.706. The zero-order valence-electron chi connectivity index (χ0n) is 16.0. The second kappa shape index (κ2) is 6.47. The summed E-state index contributed by atoms with van der Waals surface area (Å²) in [6.07, 6.45) is 4.23. The van der Waals surface area contributed by atoms with Gasteiger partial charge in [-0.25, -0.2) is 18.5 Å². The van der Waals surface area contributed by atoms with Crippen LogP contribution in [0.3, 0.4) is 0 Å². The van der Waals surface area contributed by atoms with Crippen LogP contribution in [0.5, 0.6) is 5.88 Å². The van der Waals surface area contributed by atoms with Crippen LogP contribution in [0, 0.1) is 0 Å². The lowest BCUT2D eigenvalue weighted by Crippen LogP contribution is -2.41. The standard InChI is InChI=1S/C17H27BN2O5S/c1-16(2)17(3,4)25-18(24-16)12-10-13(26(19,21)22)15(23-5)20-14(12)11-8-6-7-9-11/h10-11H,6-9H2,1-5H3,(H2,19,21,22). The molecule has 1 saturated carbocycles. The number of aromatic nitrogens is 1. The van der Waals surface area contributed by atoms with Crippen molar-refractivity contribution in [3.8, 4) is 5.88 Å². The zero-order chi connectivity index (χ0) is 19.3. The van der Waals surface area contributed by atoms with E-state index in [4.69, 9.17) is 19.2 Å². The summed E-state index contributed by atoms with van der Waals surface area (Å²) in [5, 5.41) is 5.38. The van der Waals surface area contributed by atoms with Gasteiger partial charge in [-0.1, -0.05) is 12.8 Å². The third-order valence-electron chi connectivity index (χ3n) is 5.76. The molecular weight excluding hydrogens is 355 g/mol. The summed E-state index contributed by atoms with van der Waals surface area (Å²) in [7, 11) is -3.30. The summed E-state index contributed by atoms with van der Waals surface area (Å²) in [4.78, 5) is 4.39. The molecule has 0 aromatic carbocycles. The van der Waals surface area contributed by atoms with E-state index >= 15 is 0 Å². The number of sulfonamides is 1. The van der Waals surface area contributed by atoms with Crippen LogP contribution in [0.1, 0.15) is 65.0 Å². The highest BCUT2D eigenvalue weighted by atomic mass is 32.2. The Hall–Kier alpha value is -1.16. The van der Waals surface area contributed by atoms with Gasteiger partial charge in [0.2, 0.25) is 15.9 Å². The highest BCUT2D eigenvalue weighted by molar-refractivity contribution is 7.89. The topological polar surface area (TPSA) is 101 Å². The Morgan fingerprint density at radius 2 is 1.73 bits per heavy atom. The molecule has 2 N–H and O–H groups in total. The number of hydrogen-bond donors (Lipinski definition) is 1. The average Bonchev–Trinajstić information content (AvgIpc) is 3.12. The quantitative estimate of drug-likeness (QED) is 0.796. The smallest absolute Gasteiger partial charge is 0.480 e. The molecule has 0 radical (unpaired) electrons. The van der Waals surface area contributed by atoms with Crippen LogP contribution in [0.15, 0.2) is 11.0 Å². The summed E-state index contributed by atoms with van der Waals surface area (Å²) < 4.78 is 41.6. The van der Waals surface area contributed by atoms with Crippen LogP contribution >= 0.6 is 0 Å². The molecular formula is C17H27BN2O5S. The first kappa shape index (κ1) is 19.6. The molecule has 0 unspecified atom stereocenters. The van der Waals surface area contributed by atoms with Crippen molar-refractivity contribution >= 4 is 22.6 Å². The lowest BCUT2D eigenvalue weighted by Gasteiger charge is -2.32. The highest BCUT2D eigenvalue weighted by Gasteiger charge is 2.53. The minimum atomic E-state index is -3.99. The average molecular weight is 382 g/mol. The van der Waals surface area contributed by atoms with E-state index < -0.39 is 28.3 Å². The molecule has 2 fully saturated rings. The van der Waals surface area contributed by atoms with Crippen molar-refractivity contribution in [1.82, 2.24) is 4.98 Å². The van der Waals surface area contributed by atoms with E-state index in [1.807, 2.05) is 27.7 Å². The number of ether oxygens (including phenoxy) is 1. The van der Waals surface area contributed by atoms with Crippen LogP contribution in [0.25, 0.3) is 0 Å². The van der Waals surface area contributed by atoms with Crippen LogP contribution in [0.2, 0.25) is 0 Å². The molecule has 2 aliphatic rings. The van der Waals surface area contributed by atoms with E-state index in [-0.39, 0.29) is 16.7 Å². The molecule has 9 heteroatoms. The van der Waals surface area contributed by atoms with Gasteiger partial charge in [-0.15, -0.1) is 0 Å². The van der Waals surface area contributed by atoms with Gasteiger partial charge in [-0.05, 0) is 46.6 Å². The number of rotatable bonds is 4. The van der Waals surface area contributed by atoms with E-state index in [1.54, 1.807) is 0 Å². The number of hydrogen-bond acceptors (Lipinski definition) is 6. The Morgan fingerprint density at radius 1 is 1.19 bits per heavy atom. The molecule has 0 amide bonds. The fourth-order valence-corrected chi connectivity index (χ4v) is 4.20. The monoisotopic (exact) mass is 382 g/mol. The minimum absolute atomic E-state index is 0.0228. The normalized spacial score (nSPS) is 22.8. The van der Waals surface area contributed by atoms with Gasteiger partial charge in [0.15, 0.2) is 0 Å². The lowest BCUT2D eigenvalue weighted by molar-refractivity contribution is 0.00578. The third kappa shape index (κ3) is 3.37. The summed E-state index contributed by atoms with van der Waals surface area (Å²) in [6.45, 7) is 7.83. The molecule has 1 aromatic heterocycles. The van der Waals surface area contributed by atoms with Crippen molar-refractivity contribution in [2.24, 2.45) is 5.14 Å². The van der Waals surface area contributed by atoms with Gasteiger partial charge in [-0.3, -0.25) is 0 Å². The molecule has 0 spiro atoms. The van der Waals surface area contributed by atoms with Gasteiger partial charge < -0.3 is 14.0 Å². The predicted molar refractivity (Wildman–Crippen MR) is 99.1 cm³/mol. The number of nitrogens with zero attached hydrogens (tertiary/aromatic N) is 1. The van der Waals surface area contributed by atoms with Crippen molar-refractivity contribution < 1.29 is 22.5 Å². The first-order chi connectivity index (χ1) is 12.0.